The Hall–Kier alpha value is -1.35. The molecule has 1 aliphatic rings. The van der Waals surface area contributed by atoms with Gasteiger partial charge in [0.2, 0.25) is 0 Å². The average Bonchev–Trinajstić information content (AvgIpc) is 2.29. The molecule has 1 aliphatic heterocycles. The first-order valence-corrected chi connectivity index (χ1v) is 5.61. The normalized spacial score (nSPS) is 16.3. The molecule has 0 aromatic heterocycles. The van der Waals surface area contributed by atoms with Crippen molar-refractivity contribution in [1.82, 2.24) is 4.90 Å². The van der Waals surface area contributed by atoms with E-state index < -0.39 is 0 Å². The van der Waals surface area contributed by atoms with Crippen molar-refractivity contribution in [2.75, 3.05) is 13.1 Å². The van der Waals surface area contributed by atoms with Gasteiger partial charge in [-0.25, -0.2) is 0 Å². The molecule has 0 N–H and O–H groups in total. The van der Waals surface area contributed by atoms with E-state index in [0.717, 1.165) is 6.42 Å². The Bertz CT molecular complexity index is 414. The van der Waals surface area contributed by atoms with Crippen molar-refractivity contribution >= 4 is 23.3 Å². The zero-order chi connectivity index (χ0) is 11.5. The van der Waals surface area contributed by atoms with Gasteiger partial charge in [-0.2, -0.15) is 0 Å². The van der Waals surface area contributed by atoms with E-state index in [4.69, 9.17) is 11.6 Å². The lowest BCUT2D eigenvalue weighted by Crippen LogP contribution is -2.40. The number of carbonyl (C=O) groups is 2. The van der Waals surface area contributed by atoms with E-state index in [0.29, 0.717) is 23.6 Å². The molecule has 1 aromatic carbocycles. The fourth-order valence-electron chi connectivity index (χ4n) is 1.79. The highest BCUT2D eigenvalue weighted by molar-refractivity contribution is 6.30. The molecule has 4 heteroatoms. The molecule has 3 nitrogen and oxygen atoms in total. The first kappa shape index (κ1) is 11.1. The smallest absolute Gasteiger partial charge is 0.254 e. The summed E-state index contributed by atoms with van der Waals surface area (Å²) in [6.07, 6.45) is 1.35. The lowest BCUT2D eigenvalue weighted by atomic mass is 10.1. The van der Waals surface area contributed by atoms with Gasteiger partial charge in [0.05, 0.1) is 6.54 Å². The van der Waals surface area contributed by atoms with Gasteiger partial charge in [-0.1, -0.05) is 11.6 Å². The third kappa shape index (κ3) is 2.42. The average molecular weight is 238 g/mol. The fourth-order valence-corrected chi connectivity index (χ4v) is 1.91. The van der Waals surface area contributed by atoms with Crippen molar-refractivity contribution in [3.63, 3.8) is 0 Å². The van der Waals surface area contributed by atoms with E-state index in [1.54, 1.807) is 29.2 Å². The summed E-state index contributed by atoms with van der Waals surface area (Å²) in [5.74, 6) is 0.0401. The van der Waals surface area contributed by atoms with Crippen LogP contribution < -0.4 is 0 Å². The second-order valence-corrected chi connectivity index (χ2v) is 4.31. The van der Waals surface area contributed by atoms with E-state index >= 15 is 0 Å². The maximum atomic E-state index is 12.0. The second-order valence-electron chi connectivity index (χ2n) is 3.88. The van der Waals surface area contributed by atoms with Crippen LogP contribution in [0.3, 0.4) is 0 Å². The van der Waals surface area contributed by atoms with Crippen LogP contribution in [0.15, 0.2) is 24.3 Å². The first-order valence-electron chi connectivity index (χ1n) is 5.23. The second kappa shape index (κ2) is 4.66. The minimum atomic E-state index is -0.0929. The third-order valence-corrected chi connectivity index (χ3v) is 2.88. The summed E-state index contributed by atoms with van der Waals surface area (Å²) in [5.41, 5.74) is 0.583. The van der Waals surface area contributed by atoms with Crippen LogP contribution >= 0.6 is 11.6 Å². The maximum absolute atomic E-state index is 12.0. The summed E-state index contributed by atoms with van der Waals surface area (Å²) in [6.45, 7) is 0.897. The lowest BCUT2D eigenvalue weighted by Gasteiger charge is -2.25. The first-order chi connectivity index (χ1) is 7.66. The molecule has 16 heavy (non-hydrogen) atoms. The van der Waals surface area contributed by atoms with E-state index in [-0.39, 0.29) is 18.2 Å². The summed E-state index contributed by atoms with van der Waals surface area (Å²) >= 11 is 5.75. The van der Waals surface area contributed by atoms with Crippen molar-refractivity contribution in [3.05, 3.63) is 34.9 Å². The van der Waals surface area contributed by atoms with Gasteiger partial charge in [0.25, 0.3) is 5.91 Å². The predicted octanol–water partition coefficient (Wildman–Crippen LogP) is 2.15. The predicted molar refractivity (Wildman–Crippen MR) is 61.6 cm³/mol. The number of carbonyl (C=O) groups excluding carboxylic acids is 2. The van der Waals surface area contributed by atoms with E-state index in [1.807, 2.05) is 0 Å². The van der Waals surface area contributed by atoms with Crippen molar-refractivity contribution in [3.8, 4) is 0 Å². The van der Waals surface area contributed by atoms with E-state index in [9.17, 15) is 9.59 Å². The Labute approximate surface area is 99.0 Å². The fraction of sp³-hybridized carbons (Fsp3) is 0.333. The minimum Gasteiger partial charge on any atom is -0.331 e. The Morgan fingerprint density at radius 2 is 1.94 bits per heavy atom. The van der Waals surface area contributed by atoms with Crippen LogP contribution in [0.2, 0.25) is 5.02 Å². The van der Waals surface area contributed by atoms with E-state index in [2.05, 4.69) is 0 Å². The number of amides is 1. The molecule has 1 amide bonds. The maximum Gasteiger partial charge on any atom is 0.254 e. The molecule has 0 radical (unpaired) electrons. The number of benzene rings is 1. The van der Waals surface area contributed by atoms with Crippen LogP contribution in [0, 0.1) is 0 Å². The van der Waals surface area contributed by atoms with Crippen LogP contribution in [0.5, 0.6) is 0 Å². The van der Waals surface area contributed by atoms with Gasteiger partial charge in [0, 0.05) is 23.6 Å². The van der Waals surface area contributed by atoms with Crippen LogP contribution in [0.1, 0.15) is 23.2 Å². The van der Waals surface area contributed by atoms with Crippen molar-refractivity contribution in [1.29, 1.82) is 0 Å². The lowest BCUT2D eigenvalue weighted by molar-refractivity contribution is -0.121. The highest BCUT2D eigenvalue weighted by atomic mass is 35.5. The Kier molecular flexibility index (Phi) is 3.25. The Morgan fingerprint density at radius 1 is 1.25 bits per heavy atom. The number of nitrogens with zero attached hydrogens (tertiary/aromatic N) is 1. The number of halogens is 1. The van der Waals surface area contributed by atoms with Crippen LogP contribution in [-0.2, 0) is 4.79 Å². The quantitative estimate of drug-likeness (QED) is 0.751. The molecule has 84 valence electrons. The number of likely N-dealkylation sites (tertiary alicyclic amines) is 1. The molecule has 0 atom stereocenters. The van der Waals surface area contributed by atoms with Gasteiger partial charge in [-0.05, 0) is 30.7 Å². The third-order valence-electron chi connectivity index (χ3n) is 2.63. The van der Waals surface area contributed by atoms with Gasteiger partial charge in [0.15, 0.2) is 5.78 Å². The zero-order valence-electron chi connectivity index (χ0n) is 8.78. The molecule has 0 spiro atoms. The van der Waals surface area contributed by atoms with Crippen LogP contribution in [0.25, 0.3) is 0 Å². The highest BCUT2D eigenvalue weighted by Crippen LogP contribution is 2.14. The molecule has 1 fully saturated rings. The standard InChI is InChI=1S/C12H12ClNO2/c13-10-5-3-9(4-6-10)12(16)14-7-1-2-11(15)8-14/h3-6H,1-2,7-8H2. The van der Waals surface area contributed by atoms with Gasteiger partial charge in [-0.3, -0.25) is 9.59 Å². The minimum absolute atomic E-state index is 0.0929. The summed E-state index contributed by atoms with van der Waals surface area (Å²) in [5, 5.41) is 0.603. The topological polar surface area (TPSA) is 37.4 Å². The zero-order valence-corrected chi connectivity index (χ0v) is 9.54. The van der Waals surface area contributed by atoms with Crippen molar-refractivity contribution < 1.29 is 9.59 Å². The molecule has 2 rings (SSSR count). The van der Waals surface area contributed by atoms with Crippen molar-refractivity contribution in [2.45, 2.75) is 12.8 Å². The molecule has 1 aromatic rings. The van der Waals surface area contributed by atoms with Gasteiger partial charge >= 0.3 is 0 Å². The number of hydrogen-bond donors (Lipinski definition) is 0. The molecule has 0 bridgehead atoms. The van der Waals surface area contributed by atoms with Gasteiger partial charge in [-0.15, -0.1) is 0 Å². The van der Waals surface area contributed by atoms with Gasteiger partial charge < -0.3 is 4.90 Å². The Balaban J connectivity index is 2.12. The molecule has 0 aliphatic carbocycles. The number of rotatable bonds is 1. The molecular weight excluding hydrogens is 226 g/mol. The number of hydrogen-bond acceptors (Lipinski definition) is 2. The molecule has 0 saturated carbocycles. The van der Waals surface area contributed by atoms with E-state index in [1.165, 1.54) is 0 Å². The van der Waals surface area contributed by atoms with Crippen LogP contribution in [-0.4, -0.2) is 29.7 Å². The molecule has 0 unspecified atom stereocenters. The molecular formula is C12H12ClNO2. The summed E-state index contributed by atoms with van der Waals surface area (Å²) < 4.78 is 0. The molecule has 1 saturated heterocycles. The summed E-state index contributed by atoms with van der Waals surface area (Å²) in [7, 11) is 0. The highest BCUT2D eigenvalue weighted by Gasteiger charge is 2.22. The molecule has 1 heterocycles. The monoisotopic (exact) mass is 237 g/mol. The summed E-state index contributed by atoms with van der Waals surface area (Å²) in [4.78, 5) is 24.8. The number of Topliss-reactive ketones (excluding diaryl/α,β-unsaturated/α-hetero) is 1. The van der Waals surface area contributed by atoms with Gasteiger partial charge in [0.1, 0.15) is 0 Å². The SMILES string of the molecule is O=C1CCCN(C(=O)c2ccc(Cl)cc2)C1. The number of piperidine rings is 1. The summed E-state index contributed by atoms with van der Waals surface area (Å²) in [6, 6.07) is 6.73. The number of ketones is 1. The largest absolute Gasteiger partial charge is 0.331 e. The van der Waals surface area contributed by atoms with Crippen molar-refractivity contribution in [2.24, 2.45) is 0 Å². The van der Waals surface area contributed by atoms with Crippen LogP contribution in [0.4, 0.5) is 0 Å². The Morgan fingerprint density at radius 3 is 2.56 bits per heavy atom.